The zero-order valence-electron chi connectivity index (χ0n) is 17.9. The van der Waals surface area contributed by atoms with E-state index in [-0.39, 0.29) is 35.3 Å². The van der Waals surface area contributed by atoms with Crippen LogP contribution in [0.4, 0.5) is 17.3 Å². The fraction of sp³-hybridized carbons (Fsp3) is 0.789. The number of rotatable bonds is 3. The Labute approximate surface area is 179 Å². The maximum atomic E-state index is 9.75. The smallest absolute Gasteiger partial charge is 0.418 e. The normalized spacial score (nSPS) is 22.8. The van der Waals surface area contributed by atoms with Gasteiger partial charge in [-0.1, -0.05) is 65.8 Å². The van der Waals surface area contributed by atoms with Gasteiger partial charge in [-0.05, 0) is 54.2 Å². The van der Waals surface area contributed by atoms with Crippen molar-refractivity contribution in [3.63, 3.8) is 0 Å². The first kappa shape index (κ1) is 29.9. The van der Waals surface area contributed by atoms with E-state index in [1.54, 1.807) is 0 Å². The Morgan fingerprint density at radius 3 is 1.07 bits per heavy atom. The van der Waals surface area contributed by atoms with Gasteiger partial charge in [-0.2, -0.15) is 0 Å². The van der Waals surface area contributed by atoms with Crippen LogP contribution in [0.3, 0.4) is 0 Å². The van der Waals surface area contributed by atoms with Crippen molar-refractivity contribution in [3.05, 3.63) is 24.3 Å². The molecule has 1 radical (unpaired) electrons. The van der Waals surface area contributed by atoms with E-state index in [1.807, 2.05) is 0 Å². The predicted octanol–water partition coefficient (Wildman–Crippen LogP) is 7.85. The quantitative estimate of drug-likeness (QED) is 0.155. The average molecular weight is 516 g/mol. The molecule has 2 atom stereocenters. The molecule has 0 saturated heterocycles. The number of hydrogen-bond acceptors (Lipinski definition) is 0. The summed E-state index contributed by atoms with van der Waals surface area (Å²) < 4.78 is 39.0. The first-order valence-corrected chi connectivity index (χ1v) is 13.1. The molecule has 163 valence electrons. The summed E-state index contributed by atoms with van der Waals surface area (Å²) in [5.74, 6) is 1.62. The molecule has 0 unspecified atom stereocenters. The van der Waals surface area contributed by atoms with E-state index in [1.165, 1.54) is 18.7 Å². The zero-order valence-corrected chi connectivity index (χ0v) is 21.3. The summed E-state index contributed by atoms with van der Waals surface area (Å²) in [5, 5.41) is 1.09. The van der Waals surface area contributed by atoms with Crippen molar-refractivity contribution in [2.24, 2.45) is 11.8 Å². The molecule has 0 fully saturated rings. The minimum Gasteiger partial charge on any atom is -0.418 e. The summed E-state index contributed by atoms with van der Waals surface area (Å²) in [6.07, 6.45) is 13.5. The molecule has 0 amide bonds. The SMILES string of the molecule is C1=CC2C=CC1C2.C[P@@](CC[P@](C)C(C)(C)C)C(C)(C)C.F[B-](F)(F)F.[Rh]. The topological polar surface area (TPSA) is 0 Å². The molecular weight excluding hydrogens is 480 g/mol. The Morgan fingerprint density at radius 1 is 0.741 bits per heavy atom. The van der Waals surface area contributed by atoms with Crippen molar-refractivity contribution < 1.29 is 36.7 Å². The molecule has 2 aliphatic rings. The van der Waals surface area contributed by atoms with Gasteiger partial charge in [0.2, 0.25) is 0 Å². The first-order chi connectivity index (χ1) is 11.5. The standard InChI is InChI=1S/C12H28P2.C7H8.BF4.Rh/c1-11(2,3)13(7)9-10-14(8)12(4,5)6;1-2-7-4-3-6(1)5-7;2-1(3,4)5;/h9-10H2,1-8H3;1-4,6-7H,5H2;;/q;;-1;/t13-,14-;;;/m0.../s1. The fourth-order valence-corrected chi connectivity index (χ4v) is 6.04. The van der Waals surface area contributed by atoms with Gasteiger partial charge in [0.15, 0.2) is 0 Å². The Kier molecular flexibility index (Phi) is 13.8. The van der Waals surface area contributed by atoms with Crippen LogP contribution in [-0.2, 0) is 19.5 Å². The summed E-state index contributed by atoms with van der Waals surface area (Å²) >= 11 is 0. The Hall–Kier alpha value is 0.748. The molecule has 0 spiro atoms. The van der Waals surface area contributed by atoms with Crippen molar-refractivity contribution in [2.75, 3.05) is 25.7 Å². The van der Waals surface area contributed by atoms with Gasteiger partial charge in [-0.25, -0.2) is 0 Å². The molecule has 0 nitrogen and oxygen atoms in total. The molecule has 2 aliphatic carbocycles. The van der Waals surface area contributed by atoms with Crippen LogP contribution < -0.4 is 0 Å². The van der Waals surface area contributed by atoms with Crippen molar-refractivity contribution in [3.8, 4) is 0 Å². The van der Waals surface area contributed by atoms with E-state index in [9.17, 15) is 17.3 Å². The van der Waals surface area contributed by atoms with Gasteiger partial charge in [0, 0.05) is 19.5 Å². The molecule has 0 aromatic carbocycles. The summed E-state index contributed by atoms with van der Waals surface area (Å²) in [6.45, 7) is 19.2. The van der Waals surface area contributed by atoms with Crippen LogP contribution in [0.25, 0.3) is 0 Å². The first-order valence-electron chi connectivity index (χ1n) is 9.16. The summed E-state index contributed by atoms with van der Waals surface area (Å²) in [4.78, 5) is 0. The van der Waals surface area contributed by atoms with Crippen molar-refractivity contribution >= 4 is 23.1 Å². The second-order valence-electron chi connectivity index (χ2n) is 9.01. The molecule has 2 rings (SSSR count). The molecule has 8 heteroatoms. The molecule has 0 aromatic heterocycles. The van der Waals surface area contributed by atoms with Gasteiger partial charge in [0.25, 0.3) is 0 Å². The second kappa shape index (κ2) is 12.4. The molecule has 27 heavy (non-hydrogen) atoms. The number of allylic oxidation sites excluding steroid dienone is 4. The van der Waals surface area contributed by atoms with E-state index in [0.717, 1.165) is 11.8 Å². The maximum Gasteiger partial charge on any atom is 0.673 e. The predicted molar refractivity (Wildman–Crippen MR) is 115 cm³/mol. The van der Waals surface area contributed by atoms with Crippen LogP contribution >= 0.6 is 15.8 Å². The van der Waals surface area contributed by atoms with E-state index >= 15 is 0 Å². The van der Waals surface area contributed by atoms with Crippen LogP contribution in [-0.4, -0.2) is 43.2 Å². The van der Waals surface area contributed by atoms with Gasteiger partial charge in [0.1, 0.15) is 0 Å². The van der Waals surface area contributed by atoms with Crippen LogP contribution in [0.5, 0.6) is 0 Å². The Bertz CT molecular complexity index is 414. The molecular formula is C19H36BF4P2Rh-. The summed E-state index contributed by atoms with van der Waals surface area (Å²) in [7, 11) is -5.57. The largest absolute Gasteiger partial charge is 0.673 e. The Morgan fingerprint density at radius 2 is 0.963 bits per heavy atom. The molecule has 0 saturated carbocycles. The molecule has 0 N–H and O–H groups in total. The Balaban J connectivity index is 0. The monoisotopic (exact) mass is 516 g/mol. The third kappa shape index (κ3) is 16.3. The number of hydrogen-bond donors (Lipinski definition) is 0. The van der Waals surface area contributed by atoms with Gasteiger partial charge >= 0.3 is 7.25 Å². The van der Waals surface area contributed by atoms with E-state index in [4.69, 9.17) is 0 Å². The van der Waals surface area contributed by atoms with E-state index in [0.29, 0.717) is 10.3 Å². The fourth-order valence-electron chi connectivity index (χ4n) is 2.30. The average Bonchev–Trinajstić information content (AvgIpc) is 3.06. The second-order valence-corrected chi connectivity index (χ2v) is 15.4. The van der Waals surface area contributed by atoms with E-state index in [2.05, 4.69) is 79.2 Å². The zero-order chi connectivity index (χ0) is 20.8. The summed E-state index contributed by atoms with van der Waals surface area (Å²) in [5.41, 5.74) is 0. The van der Waals surface area contributed by atoms with Crippen LogP contribution in [0.15, 0.2) is 24.3 Å². The number of fused-ring (bicyclic) bond motifs is 2. The van der Waals surface area contributed by atoms with Gasteiger partial charge < -0.3 is 17.3 Å². The van der Waals surface area contributed by atoms with Crippen molar-refractivity contribution in [1.29, 1.82) is 0 Å². The van der Waals surface area contributed by atoms with Crippen LogP contribution in [0.1, 0.15) is 48.0 Å². The minimum absolute atomic E-state index is 0. The third-order valence-corrected chi connectivity index (χ3v) is 11.5. The number of halogens is 4. The van der Waals surface area contributed by atoms with Crippen LogP contribution in [0, 0.1) is 11.8 Å². The van der Waals surface area contributed by atoms with Gasteiger partial charge in [-0.3, -0.25) is 0 Å². The third-order valence-electron chi connectivity index (χ3n) is 4.82. The molecule has 2 bridgehead atoms. The summed E-state index contributed by atoms with van der Waals surface area (Å²) in [6, 6.07) is 0. The minimum atomic E-state index is -6.00. The molecule has 0 aliphatic heterocycles. The van der Waals surface area contributed by atoms with Gasteiger partial charge in [0.05, 0.1) is 0 Å². The van der Waals surface area contributed by atoms with Crippen molar-refractivity contribution in [2.45, 2.75) is 58.3 Å². The molecule has 0 aromatic rings. The van der Waals surface area contributed by atoms with Crippen LogP contribution in [0.2, 0.25) is 0 Å². The van der Waals surface area contributed by atoms with Crippen molar-refractivity contribution in [1.82, 2.24) is 0 Å². The van der Waals surface area contributed by atoms with E-state index < -0.39 is 7.25 Å². The maximum absolute atomic E-state index is 9.75. The molecule has 0 heterocycles. The van der Waals surface area contributed by atoms with Gasteiger partial charge in [-0.15, -0.1) is 15.8 Å².